The molecule has 4 heterocycles. The maximum Gasteiger partial charge on any atom is 0.416 e. The Morgan fingerprint density at radius 3 is 2.56 bits per heavy atom. The smallest absolute Gasteiger partial charge is 0.416 e. The summed E-state index contributed by atoms with van der Waals surface area (Å²) in [7, 11) is 0. The third-order valence-corrected chi connectivity index (χ3v) is 7.80. The number of nitrogens with one attached hydrogen (secondary N) is 2. The summed E-state index contributed by atoms with van der Waals surface area (Å²) in [5, 5.41) is 4.23. The van der Waals surface area contributed by atoms with Crippen LogP contribution in [0, 0.1) is 0 Å². The molecule has 0 spiro atoms. The number of rotatable bonds is 6. The van der Waals surface area contributed by atoms with Crippen LogP contribution < -0.4 is 5.32 Å². The minimum absolute atomic E-state index is 0.0702. The number of likely N-dealkylation sites (tertiary alicyclic amines) is 1. The van der Waals surface area contributed by atoms with Gasteiger partial charge in [-0.05, 0) is 54.3 Å². The molecule has 2 aromatic heterocycles. The first-order valence-electron chi connectivity index (χ1n) is 13.2. The van der Waals surface area contributed by atoms with Gasteiger partial charge in [0.05, 0.1) is 11.3 Å². The summed E-state index contributed by atoms with van der Waals surface area (Å²) in [5.74, 6) is -0.0702. The number of carbonyl (C=O) groups is 1. The fourth-order valence-electron chi connectivity index (χ4n) is 5.65. The molecule has 0 bridgehead atoms. The average Bonchev–Trinajstić information content (AvgIpc) is 3.57. The Bertz CT molecular complexity index is 1440. The van der Waals surface area contributed by atoms with Gasteiger partial charge < -0.3 is 14.7 Å². The van der Waals surface area contributed by atoms with E-state index in [1.165, 1.54) is 6.39 Å². The lowest BCUT2D eigenvalue weighted by molar-refractivity contribution is -0.137. The second kappa shape index (κ2) is 10.5. The average molecular weight is 538 g/mol. The van der Waals surface area contributed by atoms with Crippen molar-refractivity contribution in [1.82, 2.24) is 25.1 Å². The van der Waals surface area contributed by atoms with Gasteiger partial charge in [-0.3, -0.25) is 14.6 Å². The second-order valence-electron chi connectivity index (χ2n) is 10.5. The predicted octanol–water partition coefficient (Wildman–Crippen LogP) is 5.13. The summed E-state index contributed by atoms with van der Waals surface area (Å²) >= 11 is 0. The number of H-pyrrole nitrogens is 1. The molecule has 1 amide bonds. The molecule has 0 atom stereocenters. The van der Waals surface area contributed by atoms with Crippen molar-refractivity contribution >= 4 is 16.8 Å². The topological polar surface area (TPSA) is 77.4 Å². The molecule has 1 fully saturated rings. The highest BCUT2D eigenvalue weighted by atomic mass is 19.4. The van der Waals surface area contributed by atoms with Crippen molar-refractivity contribution in [3.63, 3.8) is 0 Å². The van der Waals surface area contributed by atoms with Gasteiger partial charge in [0.2, 0.25) is 0 Å². The number of carbonyl (C=O) groups excluding carboxylic acids is 1. The van der Waals surface area contributed by atoms with Crippen molar-refractivity contribution in [3.8, 4) is 0 Å². The van der Waals surface area contributed by atoms with E-state index in [1.807, 2.05) is 18.2 Å². The Morgan fingerprint density at radius 1 is 1.05 bits per heavy atom. The molecule has 0 aliphatic carbocycles. The SMILES string of the molecule is O=C(NC1CCN(Cc2cocn2)CC1)c1ccc2[nH]c3c(c2c1)CN(Cc1ccc(C(F)(F)F)cc1)CC3. The molecule has 1 saturated heterocycles. The molecule has 2 aromatic carbocycles. The Hall–Kier alpha value is -3.63. The lowest BCUT2D eigenvalue weighted by Crippen LogP contribution is -2.44. The minimum atomic E-state index is -4.33. The Labute approximate surface area is 224 Å². The fraction of sp³-hybridized carbons (Fsp3) is 0.379. The summed E-state index contributed by atoms with van der Waals surface area (Å²) < 4.78 is 43.8. The van der Waals surface area contributed by atoms with Crippen LogP contribution in [0.15, 0.2) is 59.5 Å². The number of hydrogen-bond acceptors (Lipinski definition) is 5. The van der Waals surface area contributed by atoms with Gasteiger partial charge in [-0.2, -0.15) is 13.2 Å². The Kier molecular flexibility index (Phi) is 6.90. The highest BCUT2D eigenvalue weighted by Gasteiger charge is 2.30. The van der Waals surface area contributed by atoms with Crippen LogP contribution in [0.4, 0.5) is 13.2 Å². The second-order valence-corrected chi connectivity index (χ2v) is 10.5. The number of benzene rings is 2. The summed E-state index contributed by atoms with van der Waals surface area (Å²) in [6.45, 7) is 4.57. The molecule has 4 aromatic rings. The van der Waals surface area contributed by atoms with E-state index in [2.05, 4.69) is 25.1 Å². The first kappa shape index (κ1) is 25.6. The first-order valence-corrected chi connectivity index (χ1v) is 13.2. The molecule has 2 N–H and O–H groups in total. The van der Waals surface area contributed by atoms with Crippen LogP contribution in [-0.2, 0) is 32.2 Å². The van der Waals surface area contributed by atoms with Crippen LogP contribution in [0.3, 0.4) is 0 Å². The number of hydrogen-bond donors (Lipinski definition) is 2. The molecule has 0 saturated carbocycles. The Balaban J connectivity index is 1.09. The van der Waals surface area contributed by atoms with Gasteiger partial charge in [0.25, 0.3) is 5.91 Å². The number of fused-ring (bicyclic) bond motifs is 3. The van der Waals surface area contributed by atoms with Gasteiger partial charge in [-0.25, -0.2) is 4.98 Å². The summed E-state index contributed by atoms with van der Waals surface area (Å²) in [4.78, 5) is 25.4. The molecule has 7 nitrogen and oxygen atoms in total. The van der Waals surface area contributed by atoms with Gasteiger partial charge in [-0.1, -0.05) is 12.1 Å². The monoisotopic (exact) mass is 537 g/mol. The lowest BCUT2D eigenvalue weighted by atomic mass is 10.0. The summed E-state index contributed by atoms with van der Waals surface area (Å²) in [6.07, 6.45) is 1.35. The van der Waals surface area contributed by atoms with Gasteiger partial charge in [0.1, 0.15) is 6.26 Å². The maximum atomic E-state index is 13.1. The largest absolute Gasteiger partial charge is 0.451 e. The van der Waals surface area contributed by atoms with E-state index in [9.17, 15) is 18.0 Å². The van der Waals surface area contributed by atoms with Crippen LogP contribution in [0.1, 0.15) is 51.3 Å². The van der Waals surface area contributed by atoms with Gasteiger partial charge in [0, 0.05) is 73.9 Å². The zero-order chi connectivity index (χ0) is 27.0. The van der Waals surface area contributed by atoms with Crippen molar-refractivity contribution in [1.29, 1.82) is 0 Å². The van der Waals surface area contributed by atoms with Crippen molar-refractivity contribution in [3.05, 3.63) is 88.8 Å². The van der Waals surface area contributed by atoms with Crippen LogP contribution in [0.2, 0.25) is 0 Å². The minimum Gasteiger partial charge on any atom is -0.451 e. The number of alkyl halides is 3. The van der Waals surface area contributed by atoms with Crippen LogP contribution in [0.25, 0.3) is 10.9 Å². The van der Waals surface area contributed by atoms with Gasteiger partial charge >= 0.3 is 6.18 Å². The lowest BCUT2D eigenvalue weighted by Gasteiger charge is -2.31. The zero-order valence-electron chi connectivity index (χ0n) is 21.4. The van der Waals surface area contributed by atoms with Crippen molar-refractivity contribution in [2.24, 2.45) is 0 Å². The van der Waals surface area contributed by atoms with E-state index < -0.39 is 11.7 Å². The molecular formula is C29H30F3N5O2. The molecule has 39 heavy (non-hydrogen) atoms. The highest BCUT2D eigenvalue weighted by molar-refractivity contribution is 5.99. The molecule has 0 radical (unpaired) electrons. The van der Waals surface area contributed by atoms with Crippen molar-refractivity contribution < 1.29 is 22.4 Å². The van der Waals surface area contributed by atoms with Crippen LogP contribution in [-0.4, -0.2) is 51.4 Å². The van der Waals surface area contributed by atoms with Crippen LogP contribution >= 0.6 is 0 Å². The van der Waals surface area contributed by atoms with E-state index in [0.29, 0.717) is 18.7 Å². The third kappa shape index (κ3) is 5.72. The number of oxazole rings is 1. The highest BCUT2D eigenvalue weighted by Crippen LogP contribution is 2.31. The number of halogens is 3. The summed E-state index contributed by atoms with van der Waals surface area (Å²) in [5.41, 5.74) is 5.07. The molecule has 2 aliphatic heterocycles. The van der Waals surface area contributed by atoms with Crippen molar-refractivity contribution in [2.75, 3.05) is 19.6 Å². The first-order chi connectivity index (χ1) is 18.8. The molecule has 0 unspecified atom stereocenters. The summed E-state index contributed by atoms with van der Waals surface area (Å²) in [6, 6.07) is 11.3. The standard InChI is InChI=1S/C29H30F3N5O2/c30-29(31,32)21-4-1-19(2-5-21)14-37-12-9-27-25(16-37)24-13-20(3-6-26(24)35-27)28(38)34-22-7-10-36(11-8-22)15-23-17-39-18-33-23/h1-6,13,17-18,22,35H,7-12,14-16H2,(H,34,38). The van der Waals surface area contributed by atoms with Crippen molar-refractivity contribution in [2.45, 2.75) is 51.1 Å². The molecule has 6 rings (SSSR count). The Morgan fingerprint density at radius 2 is 1.85 bits per heavy atom. The number of aromatic nitrogens is 2. The fourth-order valence-corrected chi connectivity index (χ4v) is 5.65. The number of amides is 1. The number of piperidine rings is 1. The maximum absolute atomic E-state index is 13.1. The van der Waals surface area contributed by atoms with E-state index in [4.69, 9.17) is 4.42 Å². The molecule has 10 heteroatoms. The molecule has 2 aliphatic rings. The van der Waals surface area contributed by atoms with E-state index in [0.717, 1.165) is 91.0 Å². The zero-order valence-corrected chi connectivity index (χ0v) is 21.4. The quantitative estimate of drug-likeness (QED) is 0.357. The van der Waals surface area contributed by atoms with E-state index >= 15 is 0 Å². The van der Waals surface area contributed by atoms with E-state index in [1.54, 1.807) is 18.4 Å². The van der Waals surface area contributed by atoms with Crippen LogP contribution in [0.5, 0.6) is 0 Å². The number of nitrogens with zero attached hydrogens (tertiary/aromatic N) is 3. The van der Waals surface area contributed by atoms with Gasteiger partial charge in [-0.15, -0.1) is 0 Å². The third-order valence-electron chi connectivity index (χ3n) is 7.80. The number of aromatic amines is 1. The molecule has 204 valence electrons. The molecular weight excluding hydrogens is 507 g/mol. The van der Waals surface area contributed by atoms with Gasteiger partial charge in [0.15, 0.2) is 6.39 Å². The van der Waals surface area contributed by atoms with E-state index in [-0.39, 0.29) is 11.9 Å². The predicted molar refractivity (Wildman–Crippen MR) is 140 cm³/mol. The normalized spacial score (nSPS) is 17.4.